The summed E-state index contributed by atoms with van der Waals surface area (Å²) in [6.45, 7) is 3.78. The molecule has 37 heavy (non-hydrogen) atoms. The molecule has 1 amide bonds. The van der Waals surface area contributed by atoms with Crippen molar-refractivity contribution in [1.82, 2.24) is 15.8 Å². The number of nitrogens with one attached hydrogen (secondary N) is 3. The first kappa shape index (κ1) is 23.5. The van der Waals surface area contributed by atoms with Crippen LogP contribution in [0.5, 0.6) is 0 Å². The van der Waals surface area contributed by atoms with Gasteiger partial charge in [0.05, 0.1) is 18.6 Å². The number of rotatable bonds is 5. The Labute approximate surface area is 217 Å². The van der Waals surface area contributed by atoms with Gasteiger partial charge in [0.15, 0.2) is 0 Å². The Morgan fingerprint density at radius 3 is 2.84 bits per heavy atom. The van der Waals surface area contributed by atoms with Crippen LogP contribution in [-0.2, 0) is 21.5 Å². The van der Waals surface area contributed by atoms with Gasteiger partial charge >= 0.3 is 0 Å². The Bertz CT molecular complexity index is 1230. The second kappa shape index (κ2) is 9.31. The minimum Gasteiger partial charge on any atom is -0.379 e. The van der Waals surface area contributed by atoms with Crippen molar-refractivity contribution >= 4 is 17.7 Å². The molecular formula is C30H35FN4O2. The van der Waals surface area contributed by atoms with Gasteiger partial charge in [0.25, 0.3) is 0 Å². The molecule has 194 valence electrons. The Morgan fingerprint density at radius 1 is 1.11 bits per heavy atom. The standard InChI is InChI=1S/C30H35FN4O2/c31-25-15-19(5-7-21(25)18-35-11-13-37-14-12-35)6-10-26-22-9-8-20(16-28(22)34-33-26)24-17-30(24)23-3-1-2-4-27(23)32-29(30)36/h1-7,10,15,20,22,24,26,28,33-34H,8-9,11-14,16-18H2,(H,32,36)/b10-6+/t20?,22?,24-,26?,28?,30-/m0/s1. The highest BCUT2D eigenvalue weighted by Gasteiger charge is 2.67. The number of hydrogen-bond acceptors (Lipinski definition) is 5. The van der Waals surface area contributed by atoms with Crippen molar-refractivity contribution in [3.63, 3.8) is 0 Å². The van der Waals surface area contributed by atoms with E-state index in [2.05, 4.69) is 39.3 Å². The van der Waals surface area contributed by atoms with E-state index in [9.17, 15) is 9.18 Å². The van der Waals surface area contributed by atoms with E-state index in [1.54, 1.807) is 6.07 Å². The third-order valence-corrected chi connectivity index (χ3v) is 9.56. The van der Waals surface area contributed by atoms with Crippen LogP contribution in [-0.4, -0.2) is 49.2 Å². The number of nitrogens with zero attached hydrogens (tertiary/aromatic N) is 1. The van der Waals surface area contributed by atoms with Crippen molar-refractivity contribution in [2.75, 3.05) is 31.6 Å². The lowest BCUT2D eigenvalue weighted by molar-refractivity contribution is -0.118. The highest BCUT2D eigenvalue weighted by atomic mass is 19.1. The molecule has 3 heterocycles. The molecule has 3 N–H and O–H groups in total. The van der Waals surface area contributed by atoms with Crippen molar-refractivity contribution in [3.8, 4) is 0 Å². The van der Waals surface area contributed by atoms with Crippen LogP contribution < -0.4 is 16.2 Å². The topological polar surface area (TPSA) is 65.6 Å². The van der Waals surface area contributed by atoms with Crippen molar-refractivity contribution < 1.29 is 13.9 Å². The first-order valence-electron chi connectivity index (χ1n) is 13.8. The van der Waals surface area contributed by atoms with Crippen LogP contribution in [0.1, 0.15) is 42.4 Å². The van der Waals surface area contributed by atoms with Crippen LogP contribution >= 0.6 is 0 Å². The molecule has 6 atom stereocenters. The number of para-hydroxylation sites is 1. The van der Waals surface area contributed by atoms with E-state index >= 15 is 0 Å². The van der Waals surface area contributed by atoms with Gasteiger partial charge in [-0.25, -0.2) is 4.39 Å². The molecule has 0 bridgehead atoms. The van der Waals surface area contributed by atoms with E-state index < -0.39 is 0 Å². The summed E-state index contributed by atoms with van der Waals surface area (Å²) in [6.07, 6.45) is 8.59. The maximum atomic E-state index is 14.8. The number of morpholine rings is 1. The molecule has 2 aromatic carbocycles. The summed E-state index contributed by atoms with van der Waals surface area (Å²) in [6, 6.07) is 14.4. The summed E-state index contributed by atoms with van der Waals surface area (Å²) in [4.78, 5) is 15.2. The SMILES string of the molecule is O=C1Nc2ccccc2[C@]12C[C@H]2C1CCC2C(/C=C/c3ccc(CN4CCOCC4)c(F)c3)NNC2C1. The number of anilines is 1. The Kier molecular flexibility index (Phi) is 5.92. The second-order valence-corrected chi connectivity index (χ2v) is 11.5. The fourth-order valence-corrected chi connectivity index (χ4v) is 7.46. The van der Waals surface area contributed by atoms with Gasteiger partial charge in [-0.05, 0) is 66.7 Å². The van der Waals surface area contributed by atoms with Gasteiger partial charge in [0, 0.05) is 43.0 Å². The predicted molar refractivity (Wildman–Crippen MR) is 141 cm³/mol. The number of ether oxygens (including phenoxy) is 1. The van der Waals surface area contributed by atoms with Crippen LogP contribution in [0.4, 0.5) is 10.1 Å². The molecule has 0 radical (unpaired) electrons. The van der Waals surface area contributed by atoms with Crippen molar-refractivity contribution in [2.45, 2.75) is 49.7 Å². The summed E-state index contributed by atoms with van der Waals surface area (Å²) in [5, 5.41) is 3.12. The third kappa shape index (κ3) is 4.13. The van der Waals surface area contributed by atoms with E-state index in [0.717, 1.165) is 68.8 Å². The summed E-state index contributed by atoms with van der Waals surface area (Å²) in [7, 11) is 0. The van der Waals surface area contributed by atoms with E-state index in [-0.39, 0.29) is 23.2 Å². The zero-order valence-corrected chi connectivity index (χ0v) is 21.1. The smallest absolute Gasteiger partial charge is 0.235 e. The number of carbonyl (C=O) groups is 1. The molecule has 6 nitrogen and oxygen atoms in total. The van der Waals surface area contributed by atoms with Gasteiger partial charge in [-0.1, -0.05) is 42.5 Å². The van der Waals surface area contributed by atoms with Gasteiger partial charge in [0.1, 0.15) is 5.82 Å². The molecule has 5 aliphatic rings. The number of benzene rings is 2. The molecule has 2 saturated heterocycles. The zero-order valence-electron chi connectivity index (χ0n) is 21.1. The largest absolute Gasteiger partial charge is 0.379 e. The number of amides is 1. The van der Waals surface area contributed by atoms with Crippen LogP contribution in [0.2, 0.25) is 0 Å². The van der Waals surface area contributed by atoms with Gasteiger partial charge < -0.3 is 10.1 Å². The van der Waals surface area contributed by atoms with Crippen LogP contribution in [0.3, 0.4) is 0 Å². The predicted octanol–water partition coefficient (Wildman–Crippen LogP) is 3.84. The highest BCUT2D eigenvalue weighted by molar-refractivity contribution is 6.08. The molecule has 2 saturated carbocycles. The molecule has 7 rings (SSSR count). The number of halogens is 1. The lowest BCUT2D eigenvalue weighted by Gasteiger charge is -2.33. The lowest BCUT2D eigenvalue weighted by Crippen LogP contribution is -2.37. The summed E-state index contributed by atoms with van der Waals surface area (Å²) >= 11 is 0. The molecule has 3 aliphatic heterocycles. The lowest BCUT2D eigenvalue weighted by atomic mass is 9.73. The first-order valence-corrected chi connectivity index (χ1v) is 13.8. The van der Waals surface area contributed by atoms with Gasteiger partial charge in [-0.3, -0.25) is 20.5 Å². The van der Waals surface area contributed by atoms with E-state index in [1.165, 1.54) is 5.56 Å². The molecular weight excluding hydrogens is 467 g/mol. The Hall–Kier alpha value is -2.58. The normalized spacial score (nSPS) is 35.1. The Balaban J connectivity index is 0.974. The average Bonchev–Trinajstić information content (AvgIpc) is 3.45. The quantitative estimate of drug-likeness (QED) is 0.580. The maximum Gasteiger partial charge on any atom is 0.235 e. The zero-order chi connectivity index (χ0) is 25.0. The summed E-state index contributed by atoms with van der Waals surface area (Å²) in [5.41, 5.74) is 10.6. The van der Waals surface area contributed by atoms with Crippen LogP contribution in [0.15, 0.2) is 48.5 Å². The molecule has 4 fully saturated rings. The highest BCUT2D eigenvalue weighted by Crippen LogP contribution is 2.64. The van der Waals surface area contributed by atoms with Crippen molar-refractivity contribution in [2.24, 2.45) is 17.8 Å². The average molecular weight is 503 g/mol. The van der Waals surface area contributed by atoms with Gasteiger partial charge in [0.2, 0.25) is 5.91 Å². The van der Waals surface area contributed by atoms with Crippen molar-refractivity contribution in [3.05, 3.63) is 71.0 Å². The number of hydrogen-bond donors (Lipinski definition) is 3. The number of carbonyl (C=O) groups excluding carboxylic acids is 1. The molecule has 2 aromatic rings. The van der Waals surface area contributed by atoms with E-state index in [1.807, 2.05) is 30.3 Å². The molecule has 4 unspecified atom stereocenters. The van der Waals surface area contributed by atoms with E-state index in [0.29, 0.717) is 30.3 Å². The van der Waals surface area contributed by atoms with Gasteiger partial charge in [-0.15, -0.1) is 0 Å². The van der Waals surface area contributed by atoms with E-state index in [4.69, 9.17) is 4.74 Å². The second-order valence-electron chi connectivity index (χ2n) is 11.5. The molecule has 7 heteroatoms. The summed E-state index contributed by atoms with van der Waals surface area (Å²) < 4.78 is 20.2. The number of fused-ring (bicyclic) bond motifs is 3. The maximum absolute atomic E-state index is 14.8. The van der Waals surface area contributed by atoms with Crippen LogP contribution in [0.25, 0.3) is 6.08 Å². The minimum atomic E-state index is -0.294. The fourth-order valence-electron chi connectivity index (χ4n) is 7.46. The number of hydrazine groups is 1. The first-order chi connectivity index (χ1) is 18.1. The summed E-state index contributed by atoms with van der Waals surface area (Å²) in [5.74, 6) is 1.57. The minimum absolute atomic E-state index is 0.139. The Morgan fingerprint density at radius 2 is 1.97 bits per heavy atom. The third-order valence-electron chi connectivity index (χ3n) is 9.56. The molecule has 0 aromatic heterocycles. The van der Waals surface area contributed by atoms with Crippen molar-refractivity contribution in [1.29, 1.82) is 0 Å². The van der Waals surface area contributed by atoms with Gasteiger partial charge in [-0.2, -0.15) is 0 Å². The fraction of sp³-hybridized carbons (Fsp3) is 0.500. The molecule has 2 aliphatic carbocycles. The molecule has 1 spiro atoms. The monoisotopic (exact) mass is 502 g/mol. The van der Waals surface area contributed by atoms with Crippen LogP contribution in [0, 0.1) is 23.6 Å².